The number of aromatic nitrogens is 1. The molecule has 0 amide bonds. The molecule has 2 N–H and O–H groups in total. The molecule has 0 bridgehead atoms. The first-order valence-corrected chi connectivity index (χ1v) is 8.30. The van der Waals surface area contributed by atoms with Crippen molar-refractivity contribution in [2.75, 3.05) is 26.7 Å². The van der Waals surface area contributed by atoms with Gasteiger partial charge in [-0.05, 0) is 31.4 Å². The number of nitrogens with one attached hydrogen (secondary N) is 2. The van der Waals surface area contributed by atoms with Gasteiger partial charge in [-0.1, -0.05) is 31.5 Å². The molecule has 0 aliphatic carbocycles. The molecule has 4 heteroatoms. The Hall–Kier alpha value is -1.97. The van der Waals surface area contributed by atoms with Crippen molar-refractivity contribution in [3.05, 3.63) is 36.0 Å². The summed E-state index contributed by atoms with van der Waals surface area (Å²) in [5.41, 5.74) is 2.54. The minimum absolute atomic E-state index is 0.806. The number of hydrogen-bond donors (Lipinski definition) is 2. The second-order valence-electron chi connectivity index (χ2n) is 5.62. The molecule has 0 saturated heterocycles. The molecule has 0 aliphatic rings. The van der Waals surface area contributed by atoms with Crippen molar-refractivity contribution in [1.82, 2.24) is 15.2 Å². The van der Waals surface area contributed by atoms with E-state index in [4.69, 9.17) is 4.99 Å². The molecule has 4 nitrogen and oxygen atoms in total. The van der Waals surface area contributed by atoms with E-state index >= 15 is 0 Å². The molecule has 2 aromatic rings. The normalized spacial score (nSPS) is 11.9. The zero-order valence-corrected chi connectivity index (χ0v) is 14.0. The van der Waals surface area contributed by atoms with E-state index in [2.05, 4.69) is 66.6 Å². The molecular formula is C18H28N4. The third kappa shape index (κ3) is 4.26. The van der Waals surface area contributed by atoms with E-state index in [0.717, 1.165) is 32.0 Å². The highest BCUT2D eigenvalue weighted by Gasteiger charge is 2.06. The van der Waals surface area contributed by atoms with Crippen LogP contribution in [0.3, 0.4) is 0 Å². The van der Waals surface area contributed by atoms with Crippen LogP contribution in [0.2, 0.25) is 0 Å². The molecule has 1 heterocycles. The van der Waals surface area contributed by atoms with E-state index in [-0.39, 0.29) is 0 Å². The quantitative estimate of drug-likeness (QED) is 0.608. The second-order valence-corrected chi connectivity index (χ2v) is 5.62. The van der Waals surface area contributed by atoms with Gasteiger partial charge in [-0.3, -0.25) is 4.99 Å². The Kier molecular flexibility index (Phi) is 6.31. The highest BCUT2D eigenvalue weighted by Crippen LogP contribution is 2.17. The van der Waals surface area contributed by atoms with Gasteiger partial charge in [0.1, 0.15) is 0 Å². The van der Waals surface area contributed by atoms with Crippen LogP contribution in [0.5, 0.6) is 0 Å². The Bertz CT molecular complexity index is 600. The zero-order valence-electron chi connectivity index (χ0n) is 14.0. The number of aromatic amines is 1. The molecule has 0 fully saturated rings. The number of aliphatic imine (C=N–C) groups is 1. The Morgan fingerprint density at radius 3 is 2.86 bits per heavy atom. The summed E-state index contributed by atoms with van der Waals surface area (Å²) in [6, 6.07) is 8.44. The fourth-order valence-electron chi connectivity index (χ4n) is 2.59. The number of benzene rings is 1. The van der Waals surface area contributed by atoms with Gasteiger partial charge in [0.2, 0.25) is 0 Å². The van der Waals surface area contributed by atoms with E-state index in [9.17, 15) is 0 Å². The minimum Gasteiger partial charge on any atom is -0.361 e. The van der Waals surface area contributed by atoms with Crippen molar-refractivity contribution in [1.29, 1.82) is 0 Å². The van der Waals surface area contributed by atoms with Crippen LogP contribution in [0, 0.1) is 0 Å². The second kappa shape index (κ2) is 8.47. The number of nitrogens with zero attached hydrogens (tertiary/aromatic N) is 2. The first-order chi connectivity index (χ1) is 10.8. The largest absolute Gasteiger partial charge is 0.361 e. The number of unbranched alkanes of at least 4 members (excludes halogenated alkanes) is 1. The van der Waals surface area contributed by atoms with Crippen LogP contribution in [0.15, 0.2) is 35.5 Å². The maximum atomic E-state index is 4.77. The standard InChI is InChI=1S/C18H28N4/c1-4-6-13-22(3)18(19-5-2)20-12-11-15-14-21-17-10-8-7-9-16(15)17/h7-10,14,21H,4-6,11-13H2,1-3H3,(H,19,20). The Morgan fingerprint density at radius 2 is 2.09 bits per heavy atom. The van der Waals surface area contributed by atoms with E-state index in [1.54, 1.807) is 0 Å². The molecule has 120 valence electrons. The van der Waals surface area contributed by atoms with Crippen molar-refractivity contribution in [2.45, 2.75) is 33.1 Å². The lowest BCUT2D eigenvalue weighted by molar-refractivity contribution is 0.465. The molecule has 2 rings (SSSR count). The third-order valence-electron chi connectivity index (χ3n) is 3.86. The number of H-pyrrole nitrogens is 1. The van der Waals surface area contributed by atoms with E-state index in [0.29, 0.717) is 0 Å². The van der Waals surface area contributed by atoms with Gasteiger partial charge < -0.3 is 15.2 Å². The molecule has 0 unspecified atom stereocenters. The fourth-order valence-corrected chi connectivity index (χ4v) is 2.59. The monoisotopic (exact) mass is 300 g/mol. The summed E-state index contributed by atoms with van der Waals surface area (Å²) in [6.07, 6.45) is 5.47. The molecule has 0 spiro atoms. The van der Waals surface area contributed by atoms with Crippen LogP contribution in [-0.2, 0) is 6.42 Å². The molecule has 0 aliphatic heterocycles. The van der Waals surface area contributed by atoms with Crippen LogP contribution in [0.1, 0.15) is 32.3 Å². The van der Waals surface area contributed by atoms with Gasteiger partial charge in [-0.15, -0.1) is 0 Å². The zero-order chi connectivity index (χ0) is 15.8. The first kappa shape index (κ1) is 16.4. The lowest BCUT2D eigenvalue weighted by Crippen LogP contribution is -2.39. The van der Waals surface area contributed by atoms with Crippen molar-refractivity contribution >= 4 is 16.9 Å². The number of hydrogen-bond acceptors (Lipinski definition) is 1. The summed E-state index contributed by atoms with van der Waals surface area (Å²) in [4.78, 5) is 10.3. The molecule has 1 aromatic heterocycles. The molecule has 22 heavy (non-hydrogen) atoms. The summed E-state index contributed by atoms with van der Waals surface area (Å²) in [5.74, 6) is 1.01. The predicted octanol–water partition coefficient (Wildman–Crippen LogP) is 3.41. The van der Waals surface area contributed by atoms with Crippen molar-refractivity contribution in [3.8, 4) is 0 Å². The predicted molar refractivity (Wildman–Crippen MR) is 95.5 cm³/mol. The van der Waals surface area contributed by atoms with Gasteiger partial charge in [0.05, 0.1) is 0 Å². The lowest BCUT2D eigenvalue weighted by Gasteiger charge is -2.21. The summed E-state index contributed by atoms with van der Waals surface area (Å²) in [5, 5.41) is 4.68. The van der Waals surface area contributed by atoms with Gasteiger partial charge in [0.15, 0.2) is 5.96 Å². The Balaban J connectivity index is 1.98. The van der Waals surface area contributed by atoms with Crippen LogP contribution >= 0.6 is 0 Å². The number of fused-ring (bicyclic) bond motifs is 1. The summed E-state index contributed by atoms with van der Waals surface area (Å²) in [6.45, 7) is 7.09. The van der Waals surface area contributed by atoms with Gasteiger partial charge in [-0.2, -0.15) is 0 Å². The maximum absolute atomic E-state index is 4.77. The topological polar surface area (TPSA) is 43.4 Å². The van der Waals surface area contributed by atoms with Crippen LogP contribution in [0.25, 0.3) is 10.9 Å². The molecule has 0 saturated carbocycles. The Morgan fingerprint density at radius 1 is 1.27 bits per heavy atom. The Labute approximate surface area is 133 Å². The van der Waals surface area contributed by atoms with E-state index < -0.39 is 0 Å². The molecule has 1 aromatic carbocycles. The smallest absolute Gasteiger partial charge is 0.193 e. The molecule has 0 radical (unpaired) electrons. The average Bonchev–Trinajstić information content (AvgIpc) is 2.95. The maximum Gasteiger partial charge on any atom is 0.193 e. The van der Waals surface area contributed by atoms with Crippen LogP contribution in [0.4, 0.5) is 0 Å². The SMILES string of the molecule is CCCCN(C)C(=NCCc1c[nH]c2ccccc12)NCC. The third-order valence-corrected chi connectivity index (χ3v) is 3.86. The summed E-state index contributed by atoms with van der Waals surface area (Å²) >= 11 is 0. The van der Waals surface area contributed by atoms with E-state index in [1.807, 2.05) is 0 Å². The van der Waals surface area contributed by atoms with Gasteiger partial charge in [0.25, 0.3) is 0 Å². The number of para-hydroxylation sites is 1. The van der Waals surface area contributed by atoms with Crippen molar-refractivity contribution in [3.63, 3.8) is 0 Å². The lowest BCUT2D eigenvalue weighted by atomic mass is 10.1. The number of guanidine groups is 1. The average molecular weight is 300 g/mol. The molecular weight excluding hydrogens is 272 g/mol. The highest BCUT2D eigenvalue weighted by atomic mass is 15.3. The molecule has 0 atom stereocenters. The minimum atomic E-state index is 0.806. The number of rotatable bonds is 7. The van der Waals surface area contributed by atoms with Gasteiger partial charge >= 0.3 is 0 Å². The van der Waals surface area contributed by atoms with Gasteiger partial charge in [-0.25, -0.2) is 0 Å². The van der Waals surface area contributed by atoms with Crippen LogP contribution in [-0.4, -0.2) is 42.5 Å². The van der Waals surface area contributed by atoms with Crippen molar-refractivity contribution in [2.24, 2.45) is 4.99 Å². The van der Waals surface area contributed by atoms with E-state index in [1.165, 1.54) is 29.3 Å². The highest BCUT2D eigenvalue weighted by molar-refractivity contribution is 5.83. The fraction of sp³-hybridized carbons (Fsp3) is 0.500. The first-order valence-electron chi connectivity index (χ1n) is 8.30. The van der Waals surface area contributed by atoms with Gasteiger partial charge in [0, 0.05) is 43.8 Å². The van der Waals surface area contributed by atoms with Crippen molar-refractivity contribution < 1.29 is 0 Å². The van der Waals surface area contributed by atoms with Crippen LogP contribution < -0.4 is 5.32 Å². The summed E-state index contributed by atoms with van der Waals surface area (Å²) in [7, 11) is 2.11. The summed E-state index contributed by atoms with van der Waals surface area (Å²) < 4.78 is 0.